The molecular weight excluding hydrogens is 505 g/mol. The number of carbonyl (C=O) groups is 1. The lowest BCUT2D eigenvalue weighted by Crippen LogP contribution is -2.40. The van der Waals surface area contributed by atoms with Gasteiger partial charge in [0.25, 0.3) is 0 Å². The van der Waals surface area contributed by atoms with Crippen molar-refractivity contribution in [1.29, 1.82) is 0 Å². The molecule has 0 radical (unpaired) electrons. The topological polar surface area (TPSA) is 116 Å². The Morgan fingerprint density at radius 1 is 0.917 bits per heavy atom. The normalized spacial score (nSPS) is 13.8. The third kappa shape index (κ3) is 8.72. The molecule has 2 aromatic heterocycles. The summed E-state index contributed by atoms with van der Waals surface area (Å²) in [7, 11) is 0. The highest BCUT2D eigenvalue weighted by Gasteiger charge is 2.24. The molecule has 192 valence electrons. The molecule has 1 aromatic carbocycles. The van der Waals surface area contributed by atoms with Gasteiger partial charge in [-0.15, -0.1) is 0 Å². The molecule has 0 aliphatic rings. The quantitative estimate of drug-likeness (QED) is 0.278. The standard InChI is InChI=1S/C26H29Cl2N3O5/c1-17(8-9-18-10-12-19(13-11-18)36-16-26(34)35)31(14-22(32)20-4-2-6-24(27)29-20)15-23(33)21-5-3-7-25(28)30-21/h2-7,10-13,17,22-23,32-33H,8-9,14-16H2,1H3,(H,34,35)/t17-,22+,23+/m1/s1. The maximum atomic E-state index is 10.9. The predicted molar refractivity (Wildman–Crippen MR) is 137 cm³/mol. The van der Waals surface area contributed by atoms with Gasteiger partial charge in [-0.1, -0.05) is 47.5 Å². The van der Waals surface area contributed by atoms with Crippen molar-refractivity contribution < 1.29 is 24.9 Å². The number of aliphatic hydroxyl groups excluding tert-OH is 2. The first-order valence-electron chi connectivity index (χ1n) is 11.5. The Hall–Kier alpha value is -2.75. The van der Waals surface area contributed by atoms with Crippen LogP contribution in [0, 0.1) is 0 Å². The van der Waals surface area contributed by atoms with E-state index in [-0.39, 0.29) is 25.7 Å². The molecule has 2 heterocycles. The monoisotopic (exact) mass is 533 g/mol. The minimum atomic E-state index is -1.03. The van der Waals surface area contributed by atoms with Crippen molar-refractivity contribution in [1.82, 2.24) is 14.9 Å². The van der Waals surface area contributed by atoms with Gasteiger partial charge in [0.15, 0.2) is 6.61 Å². The number of aryl methyl sites for hydroxylation is 1. The van der Waals surface area contributed by atoms with Gasteiger partial charge >= 0.3 is 5.97 Å². The lowest BCUT2D eigenvalue weighted by atomic mass is 10.0. The van der Waals surface area contributed by atoms with Gasteiger partial charge < -0.3 is 20.1 Å². The highest BCUT2D eigenvalue weighted by atomic mass is 35.5. The summed E-state index contributed by atoms with van der Waals surface area (Å²) in [6.45, 7) is 2.10. The summed E-state index contributed by atoms with van der Waals surface area (Å²) in [5.41, 5.74) is 1.96. The van der Waals surface area contributed by atoms with Crippen LogP contribution >= 0.6 is 23.2 Å². The van der Waals surface area contributed by atoms with Gasteiger partial charge in [-0.3, -0.25) is 4.90 Å². The van der Waals surface area contributed by atoms with E-state index in [0.29, 0.717) is 27.4 Å². The molecule has 0 saturated heterocycles. The van der Waals surface area contributed by atoms with E-state index in [9.17, 15) is 15.0 Å². The number of nitrogens with zero attached hydrogens (tertiary/aromatic N) is 3. The fourth-order valence-electron chi connectivity index (χ4n) is 3.74. The van der Waals surface area contributed by atoms with E-state index in [1.807, 2.05) is 24.0 Å². The molecule has 0 saturated carbocycles. The third-order valence-corrected chi connectivity index (χ3v) is 6.15. The Morgan fingerprint density at radius 2 is 1.44 bits per heavy atom. The number of benzene rings is 1. The van der Waals surface area contributed by atoms with Crippen molar-refractivity contribution in [2.24, 2.45) is 0 Å². The first-order valence-corrected chi connectivity index (χ1v) is 12.3. The first-order chi connectivity index (χ1) is 17.2. The highest BCUT2D eigenvalue weighted by molar-refractivity contribution is 6.29. The Balaban J connectivity index is 1.68. The molecule has 3 N–H and O–H groups in total. The second kappa shape index (κ2) is 13.5. The molecule has 10 heteroatoms. The van der Waals surface area contributed by atoms with Crippen LogP contribution in [0.25, 0.3) is 0 Å². The summed E-state index contributed by atoms with van der Waals surface area (Å²) >= 11 is 12.0. The number of ether oxygens (including phenoxy) is 1. The summed E-state index contributed by atoms with van der Waals surface area (Å²) in [4.78, 5) is 21.1. The smallest absolute Gasteiger partial charge is 0.341 e. The molecule has 0 aliphatic heterocycles. The van der Waals surface area contributed by atoms with Crippen molar-refractivity contribution in [3.63, 3.8) is 0 Å². The Bertz CT molecular complexity index is 1080. The molecule has 0 fully saturated rings. The maximum Gasteiger partial charge on any atom is 0.341 e. The van der Waals surface area contributed by atoms with Gasteiger partial charge in [-0.05, 0) is 61.7 Å². The minimum absolute atomic E-state index is 0.0180. The number of carboxylic acids is 1. The van der Waals surface area contributed by atoms with Crippen molar-refractivity contribution in [3.05, 3.63) is 87.9 Å². The van der Waals surface area contributed by atoms with Gasteiger partial charge in [0.1, 0.15) is 28.3 Å². The van der Waals surface area contributed by atoms with E-state index in [0.717, 1.165) is 18.4 Å². The van der Waals surface area contributed by atoms with E-state index in [1.165, 1.54) is 0 Å². The highest BCUT2D eigenvalue weighted by Crippen LogP contribution is 2.22. The van der Waals surface area contributed by atoms with Crippen LogP contribution in [0.5, 0.6) is 5.75 Å². The number of pyridine rings is 2. The van der Waals surface area contributed by atoms with E-state index in [1.54, 1.807) is 48.5 Å². The van der Waals surface area contributed by atoms with Crippen LogP contribution in [-0.2, 0) is 11.2 Å². The summed E-state index contributed by atoms with van der Waals surface area (Å²) < 4.78 is 5.18. The molecule has 3 atom stereocenters. The molecular formula is C26H29Cl2N3O5. The second-order valence-electron chi connectivity index (χ2n) is 8.47. The molecule has 3 aromatic rings. The number of aliphatic hydroxyl groups is 2. The minimum Gasteiger partial charge on any atom is -0.482 e. The average Bonchev–Trinajstić information content (AvgIpc) is 2.86. The summed E-state index contributed by atoms with van der Waals surface area (Å²) in [6, 6.07) is 17.4. The van der Waals surface area contributed by atoms with Crippen LogP contribution in [-0.4, -0.2) is 61.9 Å². The van der Waals surface area contributed by atoms with Crippen LogP contribution in [0.3, 0.4) is 0 Å². The largest absolute Gasteiger partial charge is 0.482 e. The zero-order valence-corrected chi connectivity index (χ0v) is 21.3. The fourth-order valence-corrected chi connectivity index (χ4v) is 4.08. The lowest BCUT2D eigenvalue weighted by Gasteiger charge is -2.32. The van der Waals surface area contributed by atoms with E-state index < -0.39 is 18.2 Å². The zero-order valence-electron chi connectivity index (χ0n) is 19.8. The number of aliphatic carboxylic acids is 1. The zero-order chi connectivity index (χ0) is 26.1. The van der Waals surface area contributed by atoms with Crippen molar-refractivity contribution >= 4 is 29.2 Å². The molecule has 8 nitrogen and oxygen atoms in total. The van der Waals surface area contributed by atoms with Gasteiger partial charge in [0.2, 0.25) is 0 Å². The number of hydrogen-bond acceptors (Lipinski definition) is 7. The molecule has 0 spiro atoms. The molecule has 0 aliphatic carbocycles. The van der Waals surface area contributed by atoms with Crippen molar-refractivity contribution in [3.8, 4) is 5.75 Å². The first kappa shape index (κ1) is 27.8. The van der Waals surface area contributed by atoms with Crippen LogP contribution in [0.2, 0.25) is 10.3 Å². The predicted octanol–water partition coefficient (Wildman–Crippen LogP) is 4.34. The lowest BCUT2D eigenvalue weighted by molar-refractivity contribution is -0.139. The number of aromatic nitrogens is 2. The van der Waals surface area contributed by atoms with E-state index in [2.05, 4.69) is 9.97 Å². The van der Waals surface area contributed by atoms with Crippen LogP contribution in [0.4, 0.5) is 0 Å². The molecule has 36 heavy (non-hydrogen) atoms. The van der Waals surface area contributed by atoms with E-state index >= 15 is 0 Å². The Kier molecular flexibility index (Phi) is 10.5. The molecule has 0 amide bonds. The molecule has 3 rings (SSSR count). The molecule has 0 bridgehead atoms. The van der Waals surface area contributed by atoms with E-state index in [4.69, 9.17) is 33.0 Å². The molecule has 0 unspecified atom stereocenters. The number of hydrogen-bond donors (Lipinski definition) is 3. The second-order valence-corrected chi connectivity index (χ2v) is 9.24. The van der Waals surface area contributed by atoms with Crippen LogP contribution < -0.4 is 4.74 Å². The maximum absolute atomic E-state index is 10.9. The van der Waals surface area contributed by atoms with Gasteiger partial charge in [0.05, 0.1) is 11.4 Å². The van der Waals surface area contributed by atoms with Crippen LogP contribution in [0.15, 0.2) is 60.7 Å². The fraction of sp³-hybridized carbons (Fsp3) is 0.346. The van der Waals surface area contributed by atoms with Gasteiger partial charge in [-0.25, -0.2) is 14.8 Å². The SMILES string of the molecule is C[C@H](CCc1ccc(OCC(=O)O)cc1)N(C[C@H](O)c1cccc(Cl)n1)C[C@H](O)c1cccc(Cl)n1. The van der Waals surface area contributed by atoms with Crippen molar-refractivity contribution in [2.75, 3.05) is 19.7 Å². The van der Waals surface area contributed by atoms with Crippen LogP contribution in [0.1, 0.15) is 42.5 Å². The Morgan fingerprint density at radius 3 is 1.92 bits per heavy atom. The number of carboxylic acid groups (broad SMARTS) is 1. The summed E-state index contributed by atoms with van der Waals surface area (Å²) in [5, 5.41) is 31.1. The van der Waals surface area contributed by atoms with Gasteiger partial charge in [-0.2, -0.15) is 0 Å². The third-order valence-electron chi connectivity index (χ3n) is 5.73. The van der Waals surface area contributed by atoms with Crippen molar-refractivity contribution in [2.45, 2.75) is 38.0 Å². The number of halogens is 2. The average molecular weight is 534 g/mol. The Labute approximate surface area is 220 Å². The number of rotatable bonds is 13. The summed E-state index contributed by atoms with van der Waals surface area (Å²) in [5.74, 6) is -0.538. The van der Waals surface area contributed by atoms with Gasteiger partial charge in [0, 0.05) is 19.1 Å². The summed E-state index contributed by atoms with van der Waals surface area (Å²) in [6.07, 6.45) is -0.345.